The van der Waals surface area contributed by atoms with Gasteiger partial charge in [-0.2, -0.15) is 0 Å². The summed E-state index contributed by atoms with van der Waals surface area (Å²) in [4.78, 5) is 16.9. The Morgan fingerprint density at radius 2 is 1.73 bits per heavy atom. The first-order valence-corrected chi connectivity index (χ1v) is 11.9. The van der Waals surface area contributed by atoms with Crippen molar-refractivity contribution < 1.29 is 22.7 Å². The number of hydrogen-bond acceptors (Lipinski definition) is 6. The standard InChI is InChI=1S/C22H24N2O5S/c1-14-3-5-17(7-15(14)2)24-19-12-30(26,27)11-18(19)23(10-22(24)25)9-16-4-6-20-21(8-16)29-13-28-20/h3-8,18-19H,9-13H2,1-2H3/t18-,19+/m0/s1. The minimum absolute atomic E-state index is 0.00598. The molecule has 2 atom stereocenters. The number of ether oxygens (including phenoxy) is 2. The zero-order valence-corrected chi connectivity index (χ0v) is 17.8. The van der Waals surface area contributed by atoms with E-state index in [1.54, 1.807) is 4.90 Å². The van der Waals surface area contributed by atoms with Crippen LogP contribution in [0.4, 0.5) is 5.69 Å². The molecule has 0 aromatic heterocycles. The van der Waals surface area contributed by atoms with Crippen molar-refractivity contribution in [2.45, 2.75) is 32.5 Å². The molecule has 0 bridgehead atoms. The first-order chi connectivity index (χ1) is 14.3. The smallest absolute Gasteiger partial charge is 0.241 e. The molecule has 0 aliphatic carbocycles. The maximum atomic E-state index is 13.2. The Morgan fingerprint density at radius 3 is 2.53 bits per heavy atom. The molecule has 8 heteroatoms. The maximum absolute atomic E-state index is 13.2. The topological polar surface area (TPSA) is 76.2 Å². The number of anilines is 1. The number of carbonyl (C=O) groups is 1. The minimum atomic E-state index is -3.23. The van der Waals surface area contributed by atoms with Crippen molar-refractivity contribution in [1.29, 1.82) is 0 Å². The van der Waals surface area contributed by atoms with E-state index in [9.17, 15) is 13.2 Å². The number of sulfone groups is 1. The quantitative estimate of drug-likeness (QED) is 0.745. The molecule has 5 rings (SSSR count). The first-order valence-electron chi connectivity index (χ1n) is 10.0. The Hall–Kier alpha value is -2.58. The fourth-order valence-electron chi connectivity index (χ4n) is 4.62. The van der Waals surface area contributed by atoms with Crippen LogP contribution in [0.5, 0.6) is 11.5 Å². The Labute approximate surface area is 176 Å². The zero-order chi connectivity index (χ0) is 21.0. The van der Waals surface area contributed by atoms with E-state index in [-0.39, 0.29) is 42.8 Å². The van der Waals surface area contributed by atoms with Crippen molar-refractivity contribution >= 4 is 21.4 Å². The van der Waals surface area contributed by atoms with Crippen molar-refractivity contribution in [2.24, 2.45) is 0 Å². The molecule has 0 unspecified atom stereocenters. The molecule has 2 saturated heterocycles. The lowest BCUT2D eigenvalue weighted by Crippen LogP contribution is -2.61. The van der Waals surface area contributed by atoms with Gasteiger partial charge >= 0.3 is 0 Å². The van der Waals surface area contributed by atoms with Crippen LogP contribution in [0.1, 0.15) is 16.7 Å². The van der Waals surface area contributed by atoms with E-state index in [2.05, 4.69) is 0 Å². The molecule has 2 aromatic rings. The van der Waals surface area contributed by atoms with Crippen LogP contribution in [-0.2, 0) is 21.2 Å². The van der Waals surface area contributed by atoms with Crippen LogP contribution < -0.4 is 14.4 Å². The van der Waals surface area contributed by atoms with E-state index < -0.39 is 9.84 Å². The number of piperazine rings is 1. The molecule has 3 aliphatic rings. The van der Waals surface area contributed by atoms with Crippen molar-refractivity contribution in [3.05, 3.63) is 53.1 Å². The lowest BCUT2D eigenvalue weighted by Gasteiger charge is -2.43. The van der Waals surface area contributed by atoms with Gasteiger partial charge < -0.3 is 14.4 Å². The van der Waals surface area contributed by atoms with Gasteiger partial charge in [-0.1, -0.05) is 12.1 Å². The third-order valence-electron chi connectivity index (χ3n) is 6.29. The van der Waals surface area contributed by atoms with Gasteiger partial charge in [-0.25, -0.2) is 8.42 Å². The number of amides is 1. The van der Waals surface area contributed by atoms with Gasteiger partial charge in [-0.3, -0.25) is 9.69 Å². The second kappa shape index (κ2) is 6.99. The first kappa shape index (κ1) is 19.4. The molecule has 0 saturated carbocycles. The van der Waals surface area contributed by atoms with Gasteiger partial charge in [-0.05, 0) is 54.8 Å². The van der Waals surface area contributed by atoms with E-state index >= 15 is 0 Å². The highest BCUT2D eigenvalue weighted by Gasteiger charge is 2.49. The fraction of sp³-hybridized carbons (Fsp3) is 0.409. The Bertz CT molecular complexity index is 1130. The summed E-state index contributed by atoms with van der Waals surface area (Å²) in [7, 11) is -3.23. The van der Waals surface area contributed by atoms with Gasteiger partial charge in [0.1, 0.15) is 0 Å². The third kappa shape index (κ3) is 3.33. The van der Waals surface area contributed by atoms with Gasteiger partial charge in [0, 0.05) is 18.3 Å². The van der Waals surface area contributed by atoms with Crippen molar-refractivity contribution in [2.75, 3.05) is 29.7 Å². The van der Waals surface area contributed by atoms with Crippen LogP contribution in [0, 0.1) is 13.8 Å². The summed E-state index contributed by atoms with van der Waals surface area (Å²) in [5.74, 6) is 1.38. The summed E-state index contributed by atoms with van der Waals surface area (Å²) in [6, 6.07) is 10.9. The second-order valence-electron chi connectivity index (χ2n) is 8.34. The molecule has 30 heavy (non-hydrogen) atoms. The third-order valence-corrected chi connectivity index (χ3v) is 7.99. The molecule has 3 heterocycles. The largest absolute Gasteiger partial charge is 0.454 e. The summed E-state index contributed by atoms with van der Waals surface area (Å²) in [6.07, 6.45) is 0. The lowest BCUT2D eigenvalue weighted by atomic mass is 10.0. The summed E-state index contributed by atoms with van der Waals surface area (Å²) >= 11 is 0. The number of hydrogen-bond donors (Lipinski definition) is 0. The number of fused-ring (bicyclic) bond motifs is 2. The maximum Gasteiger partial charge on any atom is 0.241 e. The average molecular weight is 429 g/mol. The van der Waals surface area contributed by atoms with E-state index in [1.807, 2.05) is 55.1 Å². The molecule has 7 nitrogen and oxygen atoms in total. The molecule has 0 N–H and O–H groups in total. The minimum Gasteiger partial charge on any atom is -0.454 e. The van der Waals surface area contributed by atoms with Crippen LogP contribution in [0.3, 0.4) is 0 Å². The lowest BCUT2D eigenvalue weighted by molar-refractivity contribution is -0.123. The molecule has 1 amide bonds. The number of benzene rings is 2. The fourth-order valence-corrected chi connectivity index (χ4v) is 6.60. The highest BCUT2D eigenvalue weighted by molar-refractivity contribution is 7.91. The average Bonchev–Trinajstić information content (AvgIpc) is 3.27. The van der Waals surface area contributed by atoms with E-state index in [1.165, 1.54) is 0 Å². The van der Waals surface area contributed by atoms with Crippen molar-refractivity contribution in [1.82, 2.24) is 4.90 Å². The SMILES string of the molecule is Cc1ccc(N2C(=O)CN(Cc3ccc4c(c3)OCO4)[C@H]3CS(=O)(=O)C[C@H]32)cc1C. The van der Waals surface area contributed by atoms with Gasteiger partial charge in [0.2, 0.25) is 12.7 Å². The van der Waals surface area contributed by atoms with Gasteiger partial charge in [-0.15, -0.1) is 0 Å². The zero-order valence-electron chi connectivity index (χ0n) is 17.0. The van der Waals surface area contributed by atoms with Crippen LogP contribution >= 0.6 is 0 Å². The molecule has 158 valence electrons. The molecule has 0 radical (unpaired) electrons. The van der Waals surface area contributed by atoms with Gasteiger partial charge in [0.15, 0.2) is 21.3 Å². The van der Waals surface area contributed by atoms with Crippen LogP contribution in [-0.4, -0.2) is 56.2 Å². The van der Waals surface area contributed by atoms with E-state index in [0.717, 1.165) is 22.4 Å². The Morgan fingerprint density at radius 1 is 0.967 bits per heavy atom. The number of rotatable bonds is 3. The van der Waals surface area contributed by atoms with Crippen molar-refractivity contribution in [3.63, 3.8) is 0 Å². The molecular weight excluding hydrogens is 404 g/mol. The normalized spacial score (nSPS) is 24.9. The predicted octanol–water partition coefficient (Wildman–Crippen LogP) is 2.05. The van der Waals surface area contributed by atoms with E-state index in [0.29, 0.717) is 18.0 Å². The molecule has 0 spiro atoms. The number of aryl methyl sites for hydroxylation is 2. The summed E-state index contributed by atoms with van der Waals surface area (Å²) in [5.41, 5.74) is 3.97. The second-order valence-corrected chi connectivity index (χ2v) is 10.5. The van der Waals surface area contributed by atoms with Crippen molar-refractivity contribution in [3.8, 4) is 11.5 Å². The summed E-state index contributed by atoms with van der Waals surface area (Å²) < 4.78 is 35.9. The van der Waals surface area contributed by atoms with Crippen LogP contribution in [0.25, 0.3) is 0 Å². The molecule has 2 aromatic carbocycles. The number of carbonyl (C=O) groups excluding carboxylic acids is 1. The number of nitrogens with zero attached hydrogens (tertiary/aromatic N) is 2. The van der Waals surface area contributed by atoms with Crippen LogP contribution in [0.15, 0.2) is 36.4 Å². The molecule has 3 aliphatic heterocycles. The molecular formula is C22H24N2O5S. The Balaban J connectivity index is 1.46. The monoisotopic (exact) mass is 428 g/mol. The molecule has 2 fully saturated rings. The van der Waals surface area contributed by atoms with Crippen LogP contribution in [0.2, 0.25) is 0 Å². The highest BCUT2D eigenvalue weighted by Crippen LogP contribution is 2.36. The summed E-state index contributed by atoms with van der Waals surface area (Å²) in [5, 5.41) is 0. The Kier molecular flexibility index (Phi) is 4.52. The summed E-state index contributed by atoms with van der Waals surface area (Å²) in [6.45, 7) is 4.89. The van der Waals surface area contributed by atoms with E-state index in [4.69, 9.17) is 9.47 Å². The highest BCUT2D eigenvalue weighted by atomic mass is 32.2. The predicted molar refractivity (Wildman–Crippen MR) is 113 cm³/mol. The van der Waals surface area contributed by atoms with Gasteiger partial charge in [0.05, 0.1) is 24.1 Å². The van der Waals surface area contributed by atoms with Gasteiger partial charge in [0.25, 0.3) is 0 Å².